The third kappa shape index (κ3) is 7.79. The molecule has 1 aliphatic carbocycles. The van der Waals surface area contributed by atoms with Crippen molar-refractivity contribution in [2.75, 3.05) is 0 Å². The van der Waals surface area contributed by atoms with Gasteiger partial charge in [-0.15, -0.1) is 22.1 Å². The molecule has 0 atom stereocenters. The van der Waals surface area contributed by atoms with Crippen LogP contribution in [0.5, 0.6) is 0 Å². The van der Waals surface area contributed by atoms with Crippen LogP contribution in [0.15, 0.2) is 315 Å². The molecule has 0 amide bonds. The van der Waals surface area contributed by atoms with Crippen LogP contribution in [0.25, 0.3) is 262 Å². The predicted octanol–water partition coefficient (Wildman–Crippen LogP) is 26.8. The fourth-order valence-electron chi connectivity index (χ4n) is 19.2. The first kappa shape index (κ1) is 57.3. The van der Waals surface area contributed by atoms with Gasteiger partial charge in [-0.05, 0) is 244 Å². The molecule has 4 nitrogen and oxygen atoms in total. The molecule has 482 valence electrons. The van der Waals surface area contributed by atoms with Gasteiger partial charge in [0.1, 0.15) is 0 Å². The Kier molecular flexibility index (Phi) is 11.4. The maximum atomic E-state index is 6.36. The molecule has 0 saturated carbocycles. The van der Waals surface area contributed by atoms with Gasteiger partial charge >= 0.3 is 16.5 Å². The maximum absolute atomic E-state index is 6.36. The van der Waals surface area contributed by atoms with Crippen molar-refractivity contribution in [2.45, 2.75) is 0 Å². The summed E-state index contributed by atoms with van der Waals surface area (Å²) in [6.45, 7) is 0. The van der Waals surface area contributed by atoms with Gasteiger partial charge in [0.25, 0.3) is 0 Å². The molecule has 0 radical (unpaired) electrons. The van der Waals surface area contributed by atoms with Crippen LogP contribution < -0.4 is 9.97 Å². The van der Waals surface area contributed by atoms with Gasteiger partial charge in [0.05, 0.1) is 22.8 Å². The summed E-state index contributed by atoms with van der Waals surface area (Å²) in [6, 6.07) is 118. The van der Waals surface area contributed by atoms with Gasteiger partial charge in [-0.3, -0.25) is 0 Å². The summed E-state index contributed by atoms with van der Waals surface area (Å²) in [4.78, 5) is 25.5. The minimum absolute atomic E-state index is 0. The van der Waals surface area contributed by atoms with Gasteiger partial charge in [-0.25, -0.2) is 9.97 Å². The standard InChI is InChI=1S/C100H52N4.Ni/c1-2-22-74-73(21-1)93-89(69-45-61-37-29-53-13-9-14-54-30-38-62(46-69)85(61)81(53)54)95-75-23-3-4-24-76(75)97(102-95)91(71-49-65-41-33-57-17-11-18-58-34-42-66(50-71)87(65)83(57)58)99-79-27-7-8-28-80(79)100(104-99)92(72-51-67-43-35-59-19-12-20-60-36-44-68(52-72)88(67)84(59)60)98-78-26-6-5-25-77(78)96(103-98)90(94(74)101-93)70-47-63-39-31-55-15-10-16-56-32-40-64(48-70)86(63)82(55)56;/h1-52H;/q-2;+2. The van der Waals surface area contributed by atoms with Crippen LogP contribution in [-0.2, 0) is 16.5 Å². The first-order valence-corrected chi connectivity index (χ1v) is 36.0. The molecule has 22 aromatic rings. The first-order valence-electron chi connectivity index (χ1n) is 36.0. The van der Waals surface area contributed by atoms with Crippen molar-refractivity contribution in [1.29, 1.82) is 0 Å². The number of benzene rings is 20. The average Bonchev–Trinajstić information content (AvgIpc) is 1.66. The van der Waals surface area contributed by atoms with Crippen LogP contribution in [0.3, 0.4) is 0 Å². The van der Waals surface area contributed by atoms with E-state index in [2.05, 4.69) is 315 Å². The van der Waals surface area contributed by atoms with E-state index in [1.54, 1.807) is 0 Å². The van der Waals surface area contributed by atoms with Crippen LogP contribution in [0.4, 0.5) is 0 Å². The third-order valence-electron chi connectivity index (χ3n) is 23.5. The van der Waals surface area contributed by atoms with E-state index in [1.165, 1.54) is 86.2 Å². The molecule has 105 heavy (non-hydrogen) atoms. The SMILES string of the molecule is [Ni+2].c1ccc2c(c1)-c1nc-2c(-c2cc3ccc4cccc5ccc(c2)c3c45)c2[n-]c(c(-c3cc4ccc5cccc6ccc(c3)c4c56)c3nc(c(-c4cc5ccc6cccc7ccc(c4)c5c67)c4[n-]c(c1-c1cc5ccc6cccc7ccc(c1)c5c67)c1ccccc41)-c1ccccc1-3)c1ccccc21. The van der Waals surface area contributed by atoms with Gasteiger partial charge < -0.3 is 9.97 Å². The van der Waals surface area contributed by atoms with Crippen molar-refractivity contribution in [3.05, 3.63) is 315 Å². The zero-order chi connectivity index (χ0) is 67.3. The first-order chi connectivity index (χ1) is 51.5. The van der Waals surface area contributed by atoms with E-state index < -0.39 is 0 Å². The molecule has 20 aromatic carbocycles. The van der Waals surface area contributed by atoms with Crippen molar-refractivity contribution in [3.63, 3.8) is 0 Å². The Balaban J connectivity index is 0.00000655. The Bertz CT molecular complexity index is 6810. The van der Waals surface area contributed by atoms with Gasteiger partial charge in [0, 0.05) is 22.3 Å². The molecular weight excluding hydrogens is 1320 g/mol. The van der Waals surface area contributed by atoms with E-state index in [0.717, 1.165) is 176 Å². The van der Waals surface area contributed by atoms with Crippen molar-refractivity contribution in [1.82, 2.24) is 19.9 Å². The molecule has 3 aliphatic rings. The number of hydrogen-bond acceptors (Lipinski definition) is 2. The largest absolute Gasteiger partial charge is 2.00 e. The summed E-state index contributed by atoms with van der Waals surface area (Å²) in [5.74, 6) is 0. The molecule has 25 rings (SSSR count). The molecule has 2 aliphatic heterocycles. The molecule has 0 unspecified atom stereocenters. The molecule has 8 bridgehead atoms. The summed E-state index contributed by atoms with van der Waals surface area (Å²) >= 11 is 0. The van der Waals surface area contributed by atoms with Gasteiger partial charge in [0.15, 0.2) is 0 Å². The van der Waals surface area contributed by atoms with E-state index in [9.17, 15) is 0 Å². The Morgan fingerprint density at radius 3 is 0.543 bits per heavy atom. The average molecular weight is 1370 g/mol. The Hall–Kier alpha value is -13.3. The van der Waals surface area contributed by atoms with Crippen molar-refractivity contribution >= 4 is 173 Å². The summed E-state index contributed by atoms with van der Waals surface area (Å²) in [6.07, 6.45) is 0. The van der Waals surface area contributed by atoms with E-state index >= 15 is 0 Å². The maximum Gasteiger partial charge on any atom is 2.00 e. The predicted molar refractivity (Wildman–Crippen MR) is 439 cm³/mol. The molecule has 5 heteroatoms. The zero-order valence-electron chi connectivity index (χ0n) is 56.1. The fraction of sp³-hybridized carbons (Fsp3) is 0. The second-order valence-electron chi connectivity index (χ2n) is 28.9. The van der Waals surface area contributed by atoms with Crippen LogP contribution in [-0.4, -0.2) is 9.97 Å². The molecule has 4 heterocycles. The van der Waals surface area contributed by atoms with E-state index in [0.29, 0.717) is 0 Å². The second-order valence-corrected chi connectivity index (χ2v) is 28.9. The Morgan fingerprint density at radius 2 is 0.343 bits per heavy atom. The van der Waals surface area contributed by atoms with Crippen molar-refractivity contribution in [3.8, 4) is 89.5 Å². The molecule has 0 saturated heterocycles. The molecule has 0 spiro atoms. The Labute approximate surface area is 610 Å². The second kappa shape index (κ2) is 20.9. The smallest absolute Gasteiger partial charge is 0.656 e. The third-order valence-corrected chi connectivity index (χ3v) is 23.5. The fourth-order valence-corrected chi connectivity index (χ4v) is 19.2. The van der Waals surface area contributed by atoms with Crippen LogP contribution in [0.1, 0.15) is 0 Å². The minimum atomic E-state index is 0. The summed E-state index contributed by atoms with van der Waals surface area (Å²) in [5.41, 5.74) is 18.8. The van der Waals surface area contributed by atoms with Crippen molar-refractivity contribution < 1.29 is 16.5 Å². The van der Waals surface area contributed by atoms with E-state index in [-0.39, 0.29) is 16.5 Å². The number of hydrogen-bond donors (Lipinski definition) is 0. The molecule has 0 N–H and O–H groups in total. The summed E-state index contributed by atoms with van der Waals surface area (Å²) < 4.78 is 0. The monoisotopic (exact) mass is 1370 g/mol. The molecule has 0 fully saturated rings. The van der Waals surface area contributed by atoms with E-state index in [1.807, 2.05) is 0 Å². The van der Waals surface area contributed by atoms with Gasteiger partial charge in [0.2, 0.25) is 0 Å². The van der Waals surface area contributed by atoms with Crippen LogP contribution in [0, 0.1) is 0 Å². The quantitative estimate of drug-likeness (QED) is 0.130. The Morgan fingerprint density at radius 1 is 0.171 bits per heavy atom. The molecular formula is C100H52N4Ni. The van der Waals surface area contributed by atoms with Gasteiger partial charge in [-0.1, -0.05) is 267 Å². The van der Waals surface area contributed by atoms with Crippen molar-refractivity contribution in [2.24, 2.45) is 0 Å². The number of rotatable bonds is 4. The van der Waals surface area contributed by atoms with Crippen LogP contribution in [0.2, 0.25) is 0 Å². The minimum Gasteiger partial charge on any atom is -0.656 e. The topological polar surface area (TPSA) is 54.0 Å². The van der Waals surface area contributed by atoms with E-state index in [4.69, 9.17) is 19.9 Å². The summed E-state index contributed by atoms with van der Waals surface area (Å²) in [5, 5.41) is 33.3. The molecule has 2 aromatic heterocycles. The number of nitrogens with zero attached hydrogens (tertiary/aromatic N) is 4. The van der Waals surface area contributed by atoms with Crippen LogP contribution >= 0.6 is 0 Å². The normalized spacial score (nSPS) is 12.5. The summed E-state index contributed by atoms with van der Waals surface area (Å²) in [7, 11) is 0. The zero-order valence-corrected chi connectivity index (χ0v) is 57.1. The van der Waals surface area contributed by atoms with Gasteiger partial charge in [-0.2, -0.15) is 0 Å². The number of aromatic nitrogens is 4.